The predicted octanol–water partition coefficient (Wildman–Crippen LogP) is 1.94. The van der Waals surface area contributed by atoms with Crippen LogP contribution in [0.1, 0.15) is 24.4 Å². The first-order chi connectivity index (χ1) is 7.07. The Labute approximate surface area is 103 Å². The largest absolute Gasteiger partial charge is 0.310 e. The summed E-state index contributed by atoms with van der Waals surface area (Å²) in [6.07, 6.45) is 3.50. The fraction of sp³-hybridized carbons (Fsp3) is 0.455. The van der Waals surface area contributed by atoms with Gasteiger partial charge in [-0.3, -0.25) is 0 Å². The molecule has 1 aliphatic heterocycles. The molecular weight excluding hydrogens is 246 g/mol. The topological polar surface area (TPSA) is 46.2 Å². The van der Waals surface area contributed by atoms with Crippen LogP contribution in [0.5, 0.6) is 0 Å². The maximum atomic E-state index is 11.4. The molecule has 0 aromatic heterocycles. The zero-order valence-corrected chi connectivity index (χ0v) is 10.8. The Morgan fingerprint density at radius 1 is 1.38 bits per heavy atom. The standard InChI is InChI=1S/C11H15NO2S.ClH/c1-15(13,14)10-5-2-4-9(8-10)11-6-3-7-12-11;/h2,4-5,8,11-12H,3,6-7H2,1H3;1H/t11-;/m0./s1. The molecular formula is C11H16ClNO2S. The molecule has 0 spiro atoms. The maximum Gasteiger partial charge on any atom is 0.175 e. The van der Waals surface area contributed by atoms with Crippen molar-refractivity contribution in [3.63, 3.8) is 0 Å². The molecule has 1 aliphatic rings. The third-order valence-electron chi connectivity index (χ3n) is 2.75. The summed E-state index contributed by atoms with van der Waals surface area (Å²) >= 11 is 0. The Kier molecular flexibility index (Phi) is 4.35. The second-order valence-corrected chi connectivity index (χ2v) is 6.01. The van der Waals surface area contributed by atoms with Gasteiger partial charge in [-0.2, -0.15) is 0 Å². The summed E-state index contributed by atoms with van der Waals surface area (Å²) in [5.41, 5.74) is 1.08. The number of halogens is 1. The first kappa shape index (κ1) is 13.5. The van der Waals surface area contributed by atoms with Crippen molar-refractivity contribution in [2.24, 2.45) is 0 Å². The molecule has 0 amide bonds. The van der Waals surface area contributed by atoms with Crippen LogP contribution in [-0.2, 0) is 9.84 Å². The molecule has 5 heteroatoms. The molecule has 1 atom stereocenters. The SMILES string of the molecule is CS(=O)(=O)c1cccc([C@@H]2CCCN2)c1.Cl. The van der Waals surface area contributed by atoms with E-state index < -0.39 is 9.84 Å². The van der Waals surface area contributed by atoms with Crippen molar-refractivity contribution in [2.45, 2.75) is 23.8 Å². The van der Waals surface area contributed by atoms with E-state index in [2.05, 4.69) is 5.32 Å². The van der Waals surface area contributed by atoms with E-state index >= 15 is 0 Å². The molecule has 1 saturated heterocycles. The Morgan fingerprint density at radius 3 is 2.69 bits per heavy atom. The van der Waals surface area contributed by atoms with E-state index in [4.69, 9.17) is 0 Å². The van der Waals surface area contributed by atoms with Gasteiger partial charge in [0.15, 0.2) is 9.84 Å². The van der Waals surface area contributed by atoms with E-state index in [-0.39, 0.29) is 12.4 Å². The van der Waals surface area contributed by atoms with Crippen LogP contribution in [0.2, 0.25) is 0 Å². The van der Waals surface area contributed by atoms with Crippen LogP contribution in [0.15, 0.2) is 29.2 Å². The van der Waals surface area contributed by atoms with Crippen LogP contribution < -0.4 is 5.32 Å². The lowest BCUT2D eigenvalue weighted by Crippen LogP contribution is -2.13. The minimum Gasteiger partial charge on any atom is -0.310 e. The van der Waals surface area contributed by atoms with Crippen molar-refractivity contribution >= 4 is 22.2 Å². The summed E-state index contributed by atoms with van der Waals surface area (Å²) in [6.45, 7) is 1.02. The summed E-state index contributed by atoms with van der Waals surface area (Å²) in [6, 6.07) is 7.54. The van der Waals surface area contributed by atoms with Crippen LogP contribution in [0.25, 0.3) is 0 Å². The minimum atomic E-state index is -3.08. The predicted molar refractivity (Wildman–Crippen MR) is 66.8 cm³/mol. The average molecular weight is 262 g/mol. The van der Waals surface area contributed by atoms with Crippen molar-refractivity contribution in [2.75, 3.05) is 12.8 Å². The highest BCUT2D eigenvalue weighted by molar-refractivity contribution is 7.90. The summed E-state index contributed by atoms with van der Waals surface area (Å²) < 4.78 is 22.8. The monoisotopic (exact) mass is 261 g/mol. The van der Waals surface area contributed by atoms with Crippen molar-refractivity contribution in [1.82, 2.24) is 5.32 Å². The number of nitrogens with one attached hydrogen (secondary N) is 1. The third kappa shape index (κ3) is 2.97. The highest BCUT2D eigenvalue weighted by Gasteiger charge is 2.17. The third-order valence-corrected chi connectivity index (χ3v) is 3.86. The quantitative estimate of drug-likeness (QED) is 0.885. The van der Waals surface area contributed by atoms with Gasteiger partial charge in [-0.25, -0.2) is 8.42 Å². The average Bonchev–Trinajstić information content (AvgIpc) is 2.69. The molecule has 1 N–H and O–H groups in total. The van der Waals surface area contributed by atoms with Gasteiger partial charge < -0.3 is 5.32 Å². The lowest BCUT2D eigenvalue weighted by Gasteiger charge is -2.11. The molecule has 1 aromatic rings. The second kappa shape index (κ2) is 5.17. The smallest absolute Gasteiger partial charge is 0.175 e. The van der Waals surface area contributed by atoms with Gasteiger partial charge in [-0.05, 0) is 37.1 Å². The van der Waals surface area contributed by atoms with E-state index in [9.17, 15) is 8.42 Å². The molecule has 2 rings (SSSR count). The molecule has 1 aromatic carbocycles. The summed E-state index contributed by atoms with van der Waals surface area (Å²) in [5, 5.41) is 3.36. The summed E-state index contributed by atoms with van der Waals surface area (Å²) in [7, 11) is -3.08. The van der Waals surface area contributed by atoms with Crippen LogP contribution in [-0.4, -0.2) is 21.2 Å². The molecule has 16 heavy (non-hydrogen) atoms. The highest BCUT2D eigenvalue weighted by Crippen LogP contribution is 2.24. The first-order valence-corrected chi connectivity index (χ1v) is 7.00. The Balaban J connectivity index is 0.00000128. The molecule has 90 valence electrons. The molecule has 0 aliphatic carbocycles. The lowest BCUT2D eigenvalue weighted by atomic mass is 10.1. The zero-order chi connectivity index (χ0) is 10.9. The van der Waals surface area contributed by atoms with Gasteiger partial charge in [-0.1, -0.05) is 12.1 Å². The van der Waals surface area contributed by atoms with E-state index in [1.54, 1.807) is 12.1 Å². The van der Waals surface area contributed by atoms with Gasteiger partial charge in [0.2, 0.25) is 0 Å². The fourth-order valence-corrected chi connectivity index (χ4v) is 2.61. The van der Waals surface area contributed by atoms with E-state index in [0.29, 0.717) is 10.9 Å². The van der Waals surface area contributed by atoms with Crippen molar-refractivity contribution in [1.29, 1.82) is 0 Å². The number of hydrogen-bond acceptors (Lipinski definition) is 3. The van der Waals surface area contributed by atoms with Crippen molar-refractivity contribution in [3.8, 4) is 0 Å². The highest BCUT2D eigenvalue weighted by atomic mass is 35.5. The normalized spacial score (nSPS) is 20.4. The Hall–Kier alpha value is -0.580. The minimum absolute atomic E-state index is 0. The van der Waals surface area contributed by atoms with Gasteiger partial charge in [0.05, 0.1) is 4.90 Å². The maximum absolute atomic E-state index is 11.4. The Bertz CT molecular complexity index is 453. The van der Waals surface area contributed by atoms with Crippen LogP contribution in [0, 0.1) is 0 Å². The van der Waals surface area contributed by atoms with Crippen LogP contribution in [0.4, 0.5) is 0 Å². The fourth-order valence-electron chi connectivity index (χ4n) is 1.93. The van der Waals surface area contributed by atoms with Crippen LogP contribution >= 0.6 is 12.4 Å². The second-order valence-electron chi connectivity index (χ2n) is 3.99. The molecule has 0 unspecified atom stereocenters. The molecule has 1 fully saturated rings. The molecule has 1 heterocycles. The lowest BCUT2D eigenvalue weighted by molar-refractivity contribution is 0.600. The van der Waals surface area contributed by atoms with Gasteiger partial charge >= 0.3 is 0 Å². The van der Waals surface area contributed by atoms with Gasteiger partial charge in [0, 0.05) is 12.3 Å². The van der Waals surface area contributed by atoms with Crippen molar-refractivity contribution in [3.05, 3.63) is 29.8 Å². The summed E-state index contributed by atoms with van der Waals surface area (Å²) in [4.78, 5) is 0.411. The summed E-state index contributed by atoms with van der Waals surface area (Å²) in [5.74, 6) is 0. The number of rotatable bonds is 2. The van der Waals surface area contributed by atoms with E-state index in [0.717, 1.165) is 24.9 Å². The van der Waals surface area contributed by atoms with Crippen molar-refractivity contribution < 1.29 is 8.42 Å². The molecule has 0 radical (unpaired) electrons. The molecule has 0 saturated carbocycles. The number of sulfone groups is 1. The first-order valence-electron chi connectivity index (χ1n) is 5.11. The van der Waals surface area contributed by atoms with E-state index in [1.807, 2.05) is 12.1 Å². The molecule has 3 nitrogen and oxygen atoms in total. The van der Waals surface area contributed by atoms with Gasteiger partial charge in [0.25, 0.3) is 0 Å². The number of hydrogen-bond donors (Lipinski definition) is 1. The van der Waals surface area contributed by atoms with Crippen LogP contribution in [0.3, 0.4) is 0 Å². The van der Waals surface area contributed by atoms with Gasteiger partial charge in [-0.15, -0.1) is 12.4 Å². The Morgan fingerprint density at radius 2 is 2.12 bits per heavy atom. The zero-order valence-electron chi connectivity index (χ0n) is 9.14. The molecule has 0 bridgehead atoms. The van der Waals surface area contributed by atoms with E-state index in [1.165, 1.54) is 6.26 Å². The van der Waals surface area contributed by atoms with Gasteiger partial charge in [0.1, 0.15) is 0 Å². The number of benzene rings is 1.